The quantitative estimate of drug-likeness (QED) is 0.753. The number of amides is 1. The third kappa shape index (κ3) is 3.30. The molecule has 1 saturated carbocycles. The van der Waals surface area contributed by atoms with Crippen molar-refractivity contribution in [2.24, 2.45) is 0 Å². The van der Waals surface area contributed by atoms with Crippen LogP contribution in [0.3, 0.4) is 0 Å². The fourth-order valence-corrected chi connectivity index (χ4v) is 1.64. The number of carboxylic acid groups (broad SMARTS) is 2. The second-order valence-corrected chi connectivity index (χ2v) is 4.34. The zero-order valence-electron chi connectivity index (χ0n) is 9.90. The molecule has 2 N–H and O–H groups in total. The fourth-order valence-electron chi connectivity index (χ4n) is 1.64. The molecule has 0 bridgehead atoms. The van der Waals surface area contributed by atoms with Gasteiger partial charge in [-0.2, -0.15) is 0 Å². The van der Waals surface area contributed by atoms with Crippen molar-refractivity contribution in [2.45, 2.75) is 18.8 Å². The van der Waals surface area contributed by atoms with Crippen LogP contribution in [0.5, 0.6) is 0 Å². The number of nitrogens with zero attached hydrogens (tertiary/aromatic N) is 2. The predicted octanol–water partition coefficient (Wildman–Crippen LogP) is 0.163. The molecule has 0 atom stereocenters. The van der Waals surface area contributed by atoms with Crippen molar-refractivity contribution in [3.05, 3.63) is 17.5 Å². The second-order valence-electron chi connectivity index (χ2n) is 4.34. The number of hydrogen-bond acceptors (Lipinski definition) is 5. The Balaban J connectivity index is 2.11. The summed E-state index contributed by atoms with van der Waals surface area (Å²) in [6, 6.07) is 1.44. The average Bonchev–Trinajstić information content (AvgIpc) is 3.04. The first-order valence-electron chi connectivity index (χ1n) is 5.67. The summed E-state index contributed by atoms with van der Waals surface area (Å²) < 4.78 is 4.98. The summed E-state index contributed by atoms with van der Waals surface area (Å²) in [5.74, 6) is -2.50. The molecule has 0 saturated heterocycles. The Morgan fingerprint density at radius 1 is 1.26 bits per heavy atom. The second kappa shape index (κ2) is 5.09. The lowest BCUT2D eigenvalue weighted by Crippen LogP contribution is -2.39. The van der Waals surface area contributed by atoms with E-state index in [1.807, 2.05) is 0 Å². The van der Waals surface area contributed by atoms with Crippen LogP contribution in [0, 0.1) is 0 Å². The van der Waals surface area contributed by atoms with Gasteiger partial charge in [0.2, 0.25) is 0 Å². The maximum absolute atomic E-state index is 11.9. The van der Waals surface area contributed by atoms with E-state index in [9.17, 15) is 14.4 Å². The van der Waals surface area contributed by atoms with Crippen LogP contribution in [0.1, 0.15) is 35.0 Å². The molecule has 102 valence electrons. The Hall–Kier alpha value is -2.38. The molecule has 1 fully saturated rings. The van der Waals surface area contributed by atoms with Gasteiger partial charge in [0.15, 0.2) is 5.69 Å². The molecule has 2 rings (SSSR count). The van der Waals surface area contributed by atoms with Crippen molar-refractivity contribution in [1.29, 1.82) is 0 Å². The number of hydrogen-bond donors (Lipinski definition) is 2. The van der Waals surface area contributed by atoms with Crippen LogP contribution in [0.15, 0.2) is 10.6 Å². The lowest BCUT2D eigenvalue weighted by atomic mass is 10.2. The molecule has 0 spiro atoms. The van der Waals surface area contributed by atoms with Gasteiger partial charge in [-0.05, 0) is 12.8 Å². The van der Waals surface area contributed by atoms with Gasteiger partial charge in [0.25, 0.3) is 5.91 Å². The highest BCUT2D eigenvalue weighted by molar-refractivity contribution is 5.95. The van der Waals surface area contributed by atoms with Gasteiger partial charge in [0.05, 0.1) is 0 Å². The molecular formula is C11H12N2O6. The molecule has 0 unspecified atom stereocenters. The van der Waals surface area contributed by atoms with E-state index >= 15 is 0 Å². The Morgan fingerprint density at radius 2 is 1.84 bits per heavy atom. The topological polar surface area (TPSA) is 121 Å². The van der Waals surface area contributed by atoms with Gasteiger partial charge in [-0.25, -0.2) is 0 Å². The summed E-state index contributed by atoms with van der Waals surface area (Å²) in [4.78, 5) is 33.9. The largest absolute Gasteiger partial charge is 0.480 e. The number of carbonyl (C=O) groups is 3. The van der Waals surface area contributed by atoms with E-state index in [2.05, 4.69) is 5.16 Å². The lowest BCUT2D eigenvalue weighted by molar-refractivity contribution is -0.140. The maximum atomic E-state index is 11.9. The van der Waals surface area contributed by atoms with E-state index in [0.717, 1.165) is 12.8 Å². The number of aromatic nitrogens is 1. The summed E-state index contributed by atoms with van der Waals surface area (Å²) in [6.07, 6.45) is 1.94. The van der Waals surface area contributed by atoms with Crippen LogP contribution in [-0.2, 0) is 9.59 Å². The van der Waals surface area contributed by atoms with Crippen molar-refractivity contribution < 1.29 is 29.1 Å². The number of aliphatic carboxylic acids is 2. The van der Waals surface area contributed by atoms with E-state index in [4.69, 9.17) is 14.7 Å². The zero-order chi connectivity index (χ0) is 14.0. The summed E-state index contributed by atoms with van der Waals surface area (Å²) in [6.45, 7) is -1.40. The van der Waals surface area contributed by atoms with Gasteiger partial charge in [-0.15, -0.1) is 0 Å². The lowest BCUT2D eigenvalue weighted by Gasteiger charge is -2.16. The van der Waals surface area contributed by atoms with Crippen molar-refractivity contribution in [1.82, 2.24) is 10.1 Å². The third-order valence-corrected chi connectivity index (χ3v) is 2.67. The summed E-state index contributed by atoms with van der Waals surface area (Å²) in [5, 5.41) is 20.9. The predicted molar refractivity (Wildman–Crippen MR) is 59.7 cm³/mol. The smallest absolute Gasteiger partial charge is 0.323 e. The molecule has 8 heteroatoms. The van der Waals surface area contributed by atoms with Crippen molar-refractivity contribution in [3.63, 3.8) is 0 Å². The summed E-state index contributed by atoms with van der Waals surface area (Å²) >= 11 is 0. The van der Waals surface area contributed by atoms with Gasteiger partial charge in [-0.1, -0.05) is 5.16 Å². The molecule has 8 nitrogen and oxygen atoms in total. The molecule has 1 aromatic heterocycles. The number of carbonyl (C=O) groups excluding carboxylic acids is 1. The van der Waals surface area contributed by atoms with E-state index in [0.29, 0.717) is 10.7 Å². The van der Waals surface area contributed by atoms with Crippen molar-refractivity contribution in [3.8, 4) is 0 Å². The minimum Gasteiger partial charge on any atom is -0.480 e. The molecule has 1 heterocycles. The third-order valence-electron chi connectivity index (χ3n) is 2.67. The maximum Gasteiger partial charge on any atom is 0.323 e. The Bertz CT molecular complexity index is 503. The van der Waals surface area contributed by atoms with Crippen molar-refractivity contribution >= 4 is 17.8 Å². The van der Waals surface area contributed by atoms with Gasteiger partial charge in [-0.3, -0.25) is 14.4 Å². The normalized spacial score (nSPS) is 14.1. The number of rotatable bonds is 6. The van der Waals surface area contributed by atoms with E-state index in [1.165, 1.54) is 6.07 Å². The van der Waals surface area contributed by atoms with E-state index < -0.39 is 30.9 Å². The minimum absolute atomic E-state index is 0.0654. The zero-order valence-corrected chi connectivity index (χ0v) is 9.90. The van der Waals surface area contributed by atoms with Crippen LogP contribution in [0.2, 0.25) is 0 Å². The molecular weight excluding hydrogens is 256 g/mol. The van der Waals surface area contributed by atoms with Crippen LogP contribution in [0.25, 0.3) is 0 Å². The Morgan fingerprint density at radius 3 is 2.32 bits per heavy atom. The monoisotopic (exact) mass is 268 g/mol. The van der Waals surface area contributed by atoms with E-state index in [1.54, 1.807) is 0 Å². The van der Waals surface area contributed by atoms with Gasteiger partial charge in [0.1, 0.15) is 18.8 Å². The first-order valence-corrected chi connectivity index (χ1v) is 5.67. The molecule has 1 amide bonds. The standard InChI is InChI=1S/C11H12N2O6/c14-9(15)4-13(5-10(16)17)11(18)7-3-8(19-12-7)6-1-2-6/h3,6H,1-2,4-5H2,(H,14,15)(H,16,17). The minimum atomic E-state index is -1.29. The molecule has 0 aliphatic heterocycles. The first-order chi connectivity index (χ1) is 8.97. The Kier molecular flexibility index (Phi) is 3.50. The molecule has 19 heavy (non-hydrogen) atoms. The molecule has 0 radical (unpaired) electrons. The first kappa shape index (κ1) is 13.1. The van der Waals surface area contributed by atoms with Crippen LogP contribution >= 0.6 is 0 Å². The average molecular weight is 268 g/mol. The van der Waals surface area contributed by atoms with Gasteiger partial charge in [0, 0.05) is 12.0 Å². The van der Waals surface area contributed by atoms with Crippen molar-refractivity contribution in [2.75, 3.05) is 13.1 Å². The van der Waals surface area contributed by atoms with E-state index in [-0.39, 0.29) is 11.6 Å². The van der Waals surface area contributed by atoms with Crippen LogP contribution in [0.4, 0.5) is 0 Å². The molecule has 1 aliphatic rings. The number of carboxylic acids is 2. The molecule has 0 aromatic carbocycles. The fraction of sp³-hybridized carbons (Fsp3) is 0.455. The molecule has 1 aliphatic carbocycles. The van der Waals surface area contributed by atoms with Gasteiger partial charge < -0.3 is 19.6 Å². The summed E-state index contributed by atoms with van der Waals surface area (Å²) in [7, 11) is 0. The molecule has 1 aromatic rings. The van der Waals surface area contributed by atoms with Gasteiger partial charge >= 0.3 is 11.9 Å². The highest BCUT2D eigenvalue weighted by atomic mass is 16.5. The SMILES string of the molecule is O=C(O)CN(CC(=O)O)C(=O)c1cc(C2CC2)on1. The highest BCUT2D eigenvalue weighted by Gasteiger charge is 2.30. The van der Waals surface area contributed by atoms with Crippen LogP contribution in [-0.4, -0.2) is 51.2 Å². The Labute approximate surface area is 107 Å². The highest BCUT2D eigenvalue weighted by Crippen LogP contribution is 2.40. The van der Waals surface area contributed by atoms with Crippen LogP contribution < -0.4 is 0 Å². The summed E-state index contributed by atoms with van der Waals surface area (Å²) in [5.41, 5.74) is -0.0654.